The summed E-state index contributed by atoms with van der Waals surface area (Å²) in [6.45, 7) is 4.59. The zero-order valence-electron chi connectivity index (χ0n) is 12.4. The van der Waals surface area contributed by atoms with Gasteiger partial charge in [-0.2, -0.15) is 0 Å². The predicted octanol–water partition coefficient (Wildman–Crippen LogP) is 1.62. The molecular formula is C15H26N2O3. The molecule has 2 saturated heterocycles. The van der Waals surface area contributed by atoms with Gasteiger partial charge in [0.2, 0.25) is 5.91 Å². The first-order chi connectivity index (χ1) is 9.57. The number of nitrogens with one attached hydrogen (secondary N) is 1. The number of rotatable bonds is 5. The minimum absolute atomic E-state index is 0.249. The number of hydrogen-bond acceptors (Lipinski definition) is 3. The van der Waals surface area contributed by atoms with Crippen molar-refractivity contribution in [1.82, 2.24) is 10.2 Å². The fourth-order valence-corrected chi connectivity index (χ4v) is 3.50. The molecule has 20 heavy (non-hydrogen) atoms. The molecule has 2 N–H and O–H groups in total. The second kappa shape index (κ2) is 6.57. The monoisotopic (exact) mass is 282 g/mol. The zero-order chi connectivity index (χ0) is 14.6. The Morgan fingerprint density at radius 2 is 2.05 bits per heavy atom. The maximum absolute atomic E-state index is 12.7. The topological polar surface area (TPSA) is 69.6 Å². The minimum Gasteiger partial charge on any atom is -0.481 e. The predicted molar refractivity (Wildman–Crippen MR) is 76.4 cm³/mol. The van der Waals surface area contributed by atoms with E-state index < -0.39 is 5.97 Å². The van der Waals surface area contributed by atoms with Crippen LogP contribution in [0.25, 0.3) is 0 Å². The highest BCUT2D eigenvalue weighted by Crippen LogP contribution is 2.29. The van der Waals surface area contributed by atoms with E-state index in [2.05, 4.69) is 12.2 Å². The van der Waals surface area contributed by atoms with Gasteiger partial charge in [-0.1, -0.05) is 6.92 Å². The number of carbonyl (C=O) groups excluding carboxylic acids is 1. The van der Waals surface area contributed by atoms with Crippen molar-refractivity contribution in [1.29, 1.82) is 0 Å². The molecule has 0 aromatic heterocycles. The first kappa shape index (κ1) is 15.3. The molecule has 5 heteroatoms. The van der Waals surface area contributed by atoms with E-state index >= 15 is 0 Å². The van der Waals surface area contributed by atoms with Gasteiger partial charge in [-0.05, 0) is 51.0 Å². The summed E-state index contributed by atoms with van der Waals surface area (Å²) in [5.74, 6) is 0.00189. The molecule has 0 saturated carbocycles. The Labute approximate surface area is 120 Å². The summed E-state index contributed by atoms with van der Waals surface area (Å²) in [5, 5.41) is 12.1. The third-order valence-corrected chi connectivity index (χ3v) is 4.92. The number of piperidine rings is 1. The van der Waals surface area contributed by atoms with Crippen molar-refractivity contribution in [3.8, 4) is 0 Å². The van der Waals surface area contributed by atoms with Gasteiger partial charge in [-0.25, -0.2) is 0 Å². The van der Waals surface area contributed by atoms with Crippen LogP contribution in [0, 0.1) is 5.92 Å². The van der Waals surface area contributed by atoms with E-state index in [9.17, 15) is 9.59 Å². The van der Waals surface area contributed by atoms with Crippen molar-refractivity contribution in [3.05, 3.63) is 0 Å². The number of carboxylic acids is 1. The second-order valence-electron chi connectivity index (χ2n) is 6.13. The van der Waals surface area contributed by atoms with Crippen LogP contribution in [-0.2, 0) is 9.59 Å². The van der Waals surface area contributed by atoms with E-state index in [4.69, 9.17) is 5.11 Å². The van der Waals surface area contributed by atoms with Crippen LogP contribution in [0.5, 0.6) is 0 Å². The highest BCUT2D eigenvalue weighted by Gasteiger charge is 2.42. The van der Waals surface area contributed by atoms with Crippen LogP contribution < -0.4 is 5.32 Å². The molecule has 5 nitrogen and oxygen atoms in total. The molecule has 2 rings (SSSR count). The number of nitrogens with zero attached hydrogens (tertiary/aromatic N) is 1. The summed E-state index contributed by atoms with van der Waals surface area (Å²) >= 11 is 0. The summed E-state index contributed by atoms with van der Waals surface area (Å²) in [6, 6.07) is 0. The Morgan fingerprint density at radius 3 is 2.55 bits per heavy atom. The molecule has 1 unspecified atom stereocenters. The van der Waals surface area contributed by atoms with E-state index in [-0.39, 0.29) is 17.9 Å². The molecule has 0 aromatic carbocycles. The quantitative estimate of drug-likeness (QED) is 0.804. The molecule has 2 aliphatic rings. The van der Waals surface area contributed by atoms with Crippen molar-refractivity contribution in [2.45, 2.75) is 57.4 Å². The molecule has 0 aliphatic carbocycles. The van der Waals surface area contributed by atoms with Crippen LogP contribution in [0.15, 0.2) is 0 Å². The molecule has 2 aliphatic heterocycles. The average molecular weight is 282 g/mol. The van der Waals surface area contributed by atoms with Crippen molar-refractivity contribution in [3.63, 3.8) is 0 Å². The summed E-state index contributed by atoms with van der Waals surface area (Å²) < 4.78 is 0. The van der Waals surface area contributed by atoms with Crippen LogP contribution in [0.1, 0.15) is 51.9 Å². The Balaban J connectivity index is 1.84. The van der Waals surface area contributed by atoms with E-state index in [0.29, 0.717) is 5.92 Å². The van der Waals surface area contributed by atoms with Crippen molar-refractivity contribution in [2.24, 2.45) is 5.92 Å². The van der Waals surface area contributed by atoms with Crippen LogP contribution >= 0.6 is 0 Å². The fraction of sp³-hybridized carbons (Fsp3) is 0.867. The molecule has 0 radical (unpaired) electrons. The largest absolute Gasteiger partial charge is 0.481 e. The van der Waals surface area contributed by atoms with Crippen molar-refractivity contribution >= 4 is 11.9 Å². The second-order valence-corrected chi connectivity index (χ2v) is 6.13. The maximum atomic E-state index is 12.7. The molecule has 1 atom stereocenters. The van der Waals surface area contributed by atoms with E-state index in [1.54, 1.807) is 0 Å². The van der Waals surface area contributed by atoms with Crippen LogP contribution in [0.3, 0.4) is 0 Å². The smallest absolute Gasteiger partial charge is 0.303 e. The third-order valence-electron chi connectivity index (χ3n) is 4.92. The standard InChI is InChI=1S/C15H26N2O3/c1-2-15(8-3-9-16-15)14(20)17-10-6-12(7-11-17)4-5-13(18)19/h12,16H,2-11H2,1H3,(H,18,19). The van der Waals surface area contributed by atoms with Crippen molar-refractivity contribution < 1.29 is 14.7 Å². The lowest BCUT2D eigenvalue weighted by Crippen LogP contribution is -2.56. The maximum Gasteiger partial charge on any atom is 0.303 e. The van der Waals surface area contributed by atoms with Crippen LogP contribution in [0.4, 0.5) is 0 Å². The van der Waals surface area contributed by atoms with E-state index in [1.807, 2.05) is 4.90 Å². The summed E-state index contributed by atoms with van der Waals surface area (Å²) in [7, 11) is 0. The van der Waals surface area contributed by atoms with Gasteiger partial charge >= 0.3 is 5.97 Å². The summed E-state index contributed by atoms with van der Waals surface area (Å²) in [5.41, 5.74) is -0.325. The third kappa shape index (κ3) is 3.32. The number of likely N-dealkylation sites (tertiary alicyclic amines) is 1. The van der Waals surface area contributed by atoms with Gasteiger partial charge in [0.05, 0.1) is 5.54 Å². The molecule has 114 valence electrons. The van der Waals surface area contributed by atoms with E-state index in [1.165, 1.54) is 0 Å². The Hall–Kier alpha value is -1.10. The lowest BCUT2D eigenvalue weighted by Gasteiger charge is -2.38. The van der Waals surface area contributed by atoms with Crippen LogP contribution in [0.2, 0.25) is 0 Å². The minimum atomic E-state index is -0.719. The van der Waals surface area contributed by atoms with Gasteiger partial charge in [-0.15, -0.1) is 0 Å². The van der Waals surface area contributed by atoms with E-state index in [0.717, 1.165) is 58.2 Å². The first-order valence-corrected chi connectivity index (χ1v) is 7.83. The van der Waals surface area contributed by atoms with Gasteiger partial charge in [0.15, 0.2) is 0 Å². The number of hydrogen-bond donors (Lipinski definition) is 2. The van der Waals surface area contributed by atoms with Crippen molar-refractivity contribution in [2.75, 3.05) is 19.6 Å². The lowest BCUT2D eigenvalue weighted by atomic mass is 9.88. The van der Waals surface area contributed by atoms with Gasteiger partial charge in [-0.3, -0.25) is 9.59 Å². The molecule has 2 heterocycles. The lowest BCUT2D eigenvalue weighted by molar-refractivity contribution is -0.140. The Morgan fingerprint density at radius 1 is 1.35 bits per heavy atom. The molecule has 0 aromatic rings. The molecule has 1 amide bonds. The number of carbonyl (C=O) groups is 2. The number of amides is 1. The normalized spacial score (nSPS) is 27.8. The Kier molecular flexibility index (Phi) is 5.02. The average Bonchev–Trinajstić information content (AvgIpc) is 2.95. The molecule has 0 spiro atoms. The molecular weight excluding hydrogens is 256 g/mol. The Bertz CT molecular complexity index is 356. The summed E-state index contributed by atoms with van der Waals surface area (Å²) in [6.07, 6.45) is 5.76. The highest BCUT2D eigenvalue weighted by atomic mass is 16.4. The first-order valence-electron chi connectivity index (χ1n) is 7.83. The number of aliphatic carboxylic acids is 1. The number of carboxylic acid groups (broad SMARTS) is 1. The zero-order valence-corrected chi connectivity index (χ0v) is 12.4. The highest BCUT2D eigenvalue weighted by molar-refractivity contribution is 5.86. The van der Waals surface area contributed by atoms with Gasteiger partial charge in [0.1, 0.15) is 0 Å². The van der Waals surface area contributed by atoms with Gasteiger partial charge in [0, 0.05) is 19.5 Å². The summed E-state index contributed by atoms with van der Waals surface area (Å²) in [4.78, 5) is 25.3. The SMILES string of the molecule is CCC1(C(=O)N2CCC(CCC(=O)O)CC2)CCCN1. The van der Waals surface area contributed by atoms with Crippen LogP contribution in [-0.4, -0.2) is 47.1 Å². The molecule has 0 bridgehead atoms. The van der Waals surface area contributed by atoms with Gasteiger partial charge < -0.3 is 15.3 Å². The van der Waals surface area contributed by atoms with Gasteiger partial charge in [0.25, 0.3) is 0 Å². The molecule has 2 fully saturated rings. The fourth-order valence-electron chi connectivity index (χ4n) is 3.50.